The highest BCUT2D eigenvalue weighted by atomic mass is 16.3. The predicted octanol–water partition coefficient (Wildman–Crippen LogP) is 1.81. The number of hydrogen-bond donors (Lipinski definition) is 1. The third kappa shape index (κ3) is 3.03. The fourth-order valence-corrected chi connectivity index (χ4v) is 0.833. The quantitative estimate of drug-likeness (QED) is 0.594. The molecule has 1 nitrogen and oxygen atoms in total. The zero-order valence-electron chi connectivity index (χ0n) is 5.85. The van der Waals surface area contributed by atoms with Crippen LogP contribution in [0.4, 0.5) is 0 Å². The highest BCUT2D eigenvalue weighted by Crippen LogP contribution is 2.08. The second kappa shape index (κ2) is 5.10. The second-order valence-electron chi connectivity index (χ2n) is 2.25. The van der Waals surface area contributed by atoms with E-state index >= 15 is 0 Å². The average molecular weight is 116 g/mol. The summed E-state index contributed by atoms with van der Waals surface area (Å²) in [6.07, 6.45) is 3.48. The van der Waals surface area contributed by atoms with Gasteiger partial charge in [0.25, 0.3) is 0 Å². The molecular formula is C7H16O. The Morgan fingerprint density at radius 1 is 1.38 bits per heavy atom. The molecule has 1 heteroatoms. The number of rotatable bonds is 4. The van der Waals surface area contributed by atoms with Gasteiger partial charge in [-0.25, -0.2) is 0 Å². The molecule has 0 aliphatic heterocycles. The van der Waals surface area contributed by atoms with Crippen LogP contribution in [0.15, 0.2) is 0 Å². The Morgan fingerprint density at radius 2 is 2.00 bits per heavy atom. The third-order valence-corrected chi connectivity index (χ3v) is 1.53. The van der Waals surface area contributed by atoms with Crippen molar-refractivity contribution < 1.29 is 5.11 Å². The largest absolute Gasteiger partial charge is 0.396 e. The molecule has 1 atom stereocenters. The summed E-state index contributed by atoms with van der Waals surface area (Å²) in [6.45, 7) is 4.64. The molecule has 0 rings (SSSR count). The van der Waals surface area contributed by atoms with Gasteiger partial charge in [0.05, 0.1) is 0 Å². The van der Waals surface area contributed by atoms with Gasteiger partial charge in [-0.05, 0) is 12.3 Å². The van der Waals surface area contributed by atoms with Crippen molar-refractivity contribution in [3.8, 4) is 0 Å². The van der Waals surface area contributed by atoms with Gasteiger partial charge in [-0.1, -0.05) is 26.7 Å². The maximum Gasteiger partial charge on any atom is 0.0459 e. The van der Waals surface area contributed by atoms with E-state index in [4.69, 9.17) is 5.11 Å². The summed E-state index contributed by atoms with van der Waals surface area (Å²) in [5.41, 5.74) is 0. The summed E-state index contributed by atoms with van der Waals surface area (Å²) >= 11 is 0. The van der Waals surface area contributed by atoms with Crippen LogP contribution in [-0.4, -0.2) is 11.7 Å². The fraction of sp³-hybridized carbons (Fsp3) is 1.00. The molecule has 0 heterocycles. The van der Waals surface area contributed by atoms with Gasteiger partial charge in [-0.2, -0.15) is 0 Å². The lowest BCUT2D eigenvalue weighted by Gasteiger charge is -2.07. The standard InChI is InChI=1S/C7H16O/c1-3-5-7(4-2)6-8/h7-8H,3-6H2,1-2H3. The molecule has 0 aromatic rings. The molecule has 0 aromatic heterocycles. The molecular weight excluding hydrogens is 100 g/mol. The normalized spacial score (nSPS) is 13.9. The van der Waals surface area contributed by atoms with E-state index in [0.29, 0.717) is 12.5 Å². The minimum Gasteiger partial charge on any atom is -0.396 e. The lowest BCUT2D eigenvalue weighted by atomic mass is 10.0. The topological polar surface area (TPSA) is 20.2 Å². The van der Waals surface area contributed by atoms with Crippen molar-refractivity contribution in [3.05, 3.63) is 0 Å². The van der Waals surface area contributed by atoms with Gasteiger partial charge in [-0.15, -0.1) is 0 Å². The molecule has 0 fully saturated rings. The van der Waals surface area contributed by atoms with E-state index in [2.05, 4.69) is 13.8 Å². The third-order valence-electron chi connectivity index (χ3n) is 1.53. The van der Waals surface area contributed by atoms with Crippen LogP contribution in [0.5, 0.6) is 0 Å². The van der Waals surface area contributed by atoms with Crippen molar-refractivity contribution in [1.82, 2.24) is 0 Å². The molecule has 0 saturated heterocycles. The van der Waals surface area contributed by atoms with Crippen LogP contribution in [0, 0.1) is 5.92 Å². The molecule has 0 aliphatic rings. The van der Waals surface area contributed by atoms with Crippen LogP contribution in [0.1, 0.15) is 33.1 Å². The van der Waals surface area contributed by atoms with Crippen molar-refractivity contribution in [2.24, 2.45) is 5.92 Å². The Balaban J connectivity index is 3.07. The maximum atomic E-state index is 8.66. The first-order valence-electron chi connectivity index (χ1n) is 3.46. The van der Waals surface area contributed by atoms with Gasteiger partial charge >= 0.3 is 0 Å². The maximum absolute atomic E-state index is 8.66. The van der Waals surface area contributed by atoms with E-state index in [0.717, 1.165) is 6.42 Å². The molecule has 0 aromatic carbocycles. The Labute approximate surface area is 51.7 Å². The summed E-state index contributed by atoms with van der Waals surface area (Å²) in [7, 11) is 0. The van der Waals surface area contributed by atoms with Gasteiger partial charge in [0.2, 0.25) is 0 Å². The van der Waals surface area contributed by atoms with Crippen LogP contribution in [-0.2, 0) is 0 Å². The minimum atomic E-state index is 0.365. The van der Waals surface area contributed by atoms with Gasteiger partial charge in [0, 0.05) is 6.61 Å². The number of aliphatic hydroxyl groups excluding tert-OH is 1. The summed E-state index contributed by atoms with van der Waals surface area (Å²) in [5, 5.41) is 8.66. The molecule has 1 N–H and O–H groups in total. The van der Waals surface area contributed by atoms with Gasteiger partial charge in [-0.3, -0.25) is 0 Å². The Morgan fingerprint density at radius 3 is 2.12 bits per heavy atom. The number of aliphatic hydroxyl groups is 1. The van der Waals surface area contributed by atoms with E-state index in [1.807, 2.05) is 0 Å². The summed E-state index contributed by atoms with van der Waals surface area (Å²) in [6, 6.07) is 0. The molecule has 0 radical (unpaired) electrons. The van der Waals surface area contributed by atoms with E-state index in [1.165, 1.54) is 12.8 Å². The summed E-state index contributed by atoms with van der Waals surface area (Å²) in [5.74, 6) is 0.556. The highest BCUT2D eigenvalue weighted by molar-refractivity contribution is 4.51. The first kappa shape index (κ1) is 7.96. The Kier molecular flexibility index (Phi) is 5.08. The van der Waals surface area contributed by atoms with Crippen LogP contribution in [0.3, 0.4) is 0 Å². The van der Waals surface area contributed by atoms with E-state index in [1.54, 1.807) is 0 Å². The van der Waals surface area contributed by atoms with Crippen LogP contribution in [0.2, 0.25) is 0 Å². The van der Waals surface area contributed by atoms with Crippen molar-refractivity contribution in [1.29, 1.82) is 0 Å². The van der Waals surface area contributed by atoms with Crippen LogP contribution in [0.25, 0.3) is 0 Å². The zero-order valence-corrected chi connectivity index (χ0v) is 5.85. The van der Waals surface area contributed by atoms with Crippen molar-refractivity contribution in [2.45, 2.75) is 33.1 Å². The average Bonchev–Trinajstić information content (AvgIpc) is 1.83. The number of hydrogen-bond acceptors (Lipinski definition) is 1. The first-order valence-corrected chi connectivity index (χ1v) is 3.46. The van der Waals surface area contributed by atoms with E-state index in [9.17, 15) is 0 Å². The molecule has 8 heavy (non-hydrogen) atoms. The summed E-state index contributed by atoms with van der Waals surface area (Å²) in [4.78, 5) is 0. The summed E-state index contributed by atoms with van der Waals surface area (Å²) < 4.78 is 0. The zero-order chi connectivity index (χ0) is 6.41. The van der Waals surface area contributed by atoms with Crippen molar-refractivity contribution in [3.63, 3.8) is 0 Å². The van der Waals surface area contributed by atoms with Crippen LogP contribution < -0.4 is 0 Å². The lowest BCUT2D eigenvalue weighted by molar-refractivity contribution is 0.214. The highest BCUT2D eigenvalue weighted by Gasteiger charge is 2.00. The monoisotopic (exact) mass is 116 g/mol. The minimum absolute atomic E-state index is 0.365. The Bertz CT molecular complexity index is 39.7. The van der Waals surface area contributed by atoms with Crippen molar-refractivity contribution in [2.75, 3.05) is 6.61 Å². The Hall–Kier alpha value is -0.0400. The predicted molar refractivity (Wildman–Crippen MR) is 35.8 cm³/mol. The molecule has 0 saturated carbocycles. The second-order valence-corrected chi connectivity index (χ2v) is 2.25. The molecule has 0 aliphatic carbocycles. The SMILES string of the molecule is CCCC(CC)CO. The van der Waals surface area contributed by atoms with E-state index < -0.39 is 0 Å². The van der Waals surface area contributed by atoms with Crippen LogP contribution >= 0.6 is 0 Å². The molecule has 50 valence electrons. The first-order chi connectivity index (χ1) is 3.85. The molecule has 1 unspecified atom stereocenters. The molecule has 0 bridgehead atoms. The van der Waals surface area contributed by atoms with E-state index in [-0.39, 0.29) is 0 Å². The van der Waals surface area contributed by atoms with Gasteiger partial charge in [0.15, 0.2) is 0 Å². The molecule has 0 amide bonds. The van der Waals surface area contributed by atoms with Gasteiger partial charge < -0.3 is 5.11 Å². The van der Waals surface area contributed by atoms with Crippen molar-refractivity contribution >= 4 is 0 Å². The smallest absolute Gasteiger partial charge is 0.0459 e. The molecule has 0 spiro atoms. The lowest BCUT2D eigenvalue weighted by Crippen LogP contribution is -2.02. The van der Waals surface area contributed by atoms with Gasteiger partial charge in [0.1, 0.15) is 0 Å². The fourth-order valence-electron chi connectivity index (χ4n) is 0.833.